The molecule has 1 nitrogen and oxygen atoms in total. The molecule has 2 aromatic rings. The van der Waals surface area contributed by atoms with Gasteiger partial charge in [0.1, 0.15) is 17.3 Å². The van der Waals surface area contributed by atoms with Gasteiger partial charge < -0.3 is 4.74 Å². The highest BCUT2D eigenvalue weighted by molar-refractivity contribution is 9.10. The van der Waals surface area contributed by atoms with Gasteiger partial charge in [0, 0.05) is 17.0 Å². The van der Waals surface area contributed by atoms with Crippen LogP contribution in [0.15, 0.2) is 34.8 Å². The number of rotatable bonds is 3. The monoisotopic (exact) mass is 382 g/mol. The molecule has 0 amide bonds. The summed E-state index contributed by atoms with van der Waals surface area (Å²) in [7, 11) is 0. The third-order valence-electron chi connectivity index (χ3n) is 2.37. The van der Waals surface area contributed by atoms with E-state index in [2.05, 4.69) is 15.9 Å². The van der Waals surface area contributed by atoms with E-state index in [1.165, 1.54) is 12.1 Å². The first-order valence-corrected chi connectivity index (χ1v) is 7.26. The normalized spacial score (nSPS) is 10.6. The second-order valence-corrected chi connectivity index (χ2v) is 5.62. The molecule has 2 rings (SSSR count). The topological polar surface area (TPSA) is 9.23 Å². The Bertz CT molecular complexity index is 619. The van der Waals surface area contributed by atoms with Gasteiger partial charge in [-0.25, -0.2) is 4.39 Å². The largest absolute Gasteiger partial charge is 0.456 e. The molecule has 0 aromatic heterocycles. The van der Waals surface area contributed by atoms with Crippen LogP contribution < -0.4 is 4.74 Å². The second kappa shape index (κ2) is 6.31. The molecule has 0 saturated carbocycles. The van der Waals surface area contributed by atoms with Crippen LogP contribution in [0.4, 0.5) is 4.39 Å². The van der Waals surface area contributed by atoms with Crippen LogP contribution in [0.1, 0.15) is 5.56 Å². The lowest BCUT2D eigenvalue weighted by Crippen LogP contribution is -1.89. The molecule has 0 spiro atoms. The van der Waals surface area contributed by atoms with Gasteiger partial charge >= 0.3 is 0 Å². The number of hydrogen-bond donors (Lipinski definition) is 0. The molecule has 0 N–H and O–H groups in total. The highest BCUT2D eigenvalue weighted by Crippen LogP contribution is 2.35. The first kappa shape index (κ1) is 14.9. The highest BCUT2D eigenvalue weighted by atomic mass is 79.9. The summed E-state index contributed by atoms with van der Waals surface area (Å²) in [6, 6.07) is 7.72. The maximum absolute atomic E-state index is 13.4. The molecule has 100 valence electrons. The fraction of sp³-hybridized carbons (Fsp3) is 0.0769. The summed E-state index contributed by atoms with van der Waals surface area (Å²) in [5.74, 6) is 0.569. The zero-order valence-corrected chi connectivity index (χ0v) is 13.2. The van der Waals surface area contributed by atoms with Crippen molar-refractivity contribution in [3.05, 3.63) is 56.2 Å². The minimum Gasteiger partial charge on any atom is -0.456 e. The minimum atomic E-state index is -0.552. The van der Waals surface area contributed by atoms with Crippen LogP contribution >= 0.6 is 50.7 Å². The van der Waals surface area contributed by atoms with Gasteiger partial charge in [-0.15, -0.1) is 11.6 Å². The average Bonchev–Trinajstić information content (AvgIpc) is 2.36. The average molecular weight is 384 g/mol. The lowest BCUT2D eigenvalue weighted by Gasteiger charge is -2.10. The van der Waals surface area contributed by atoms with Crippen LogP contribution in [0, 0.1) is 5.82 Å². The predicted octanol–water partition coefficient (Wildman–Crippen LogP) is 6.43. The van der Waals surface area contributed by atoms with Crippen molar-refractivity contribution < 1.29 is 9.13 Å². The Morgan fingerprint density at radius 3 is 2.47 bits per heavy atom. The van der Waals surface area contributed by atoms with Crippen molar-refractivity contribution in [2.75, 3.05) is 0 Å². The van der Waals surface area contributed by atoms with Crippen molar-refractivity contribution in [2.45, 2.75) is 5.88 Å². The lowest BCUT2D eigenvalue weighted by molar-refractivity contribution is 0.473. The van der Waals surface area contributed by atoms with Crippen LogP contribution in [0.3, 0.4) is 0 Å². The molecule has 6 heteroatoms. The van der Waals surface area contributed by atoms with Gasteiger partial charge in [-0.2, -0.15) is 0 Å². The molecule has 2 aromatic carbocycles. The van der Waals surface area contributed by atoms with Crippen LogP contribution in [-0.2, 0) is 5.88 Å². The molecule has 0 fully saturated rings. The summed E-state index contributed by atoms with van der Waals surface area (Å²) in [6.45, 7) is 0. The lowest BCUT2D eigenvalue weighted by atomic mass is 10.2. The second-order valence-electron chi connectivity index (χ2n) is 3.69. The first-order chi connectivity index (χ1) is 9.01. The molecule has 0 bridgehead atoms. The maximum Gasteiger partial charge on any atom is 0.145 e. The summed E-state index contributed by atoms with van der Waals surface area (Å²) in [6.07, 6.45) is 0. The van der Waals surface area contributed by atoms with E-state index in [1.807, 2.05) is 0 Å². The molecule has 0 aliphatic rings. The van der Waals surface area contributed by atoms with E-state index in [4.69, 9.17) is 39.5 Å². The molecule has 0 unspecified atom stereocenters. The van der Waals surface area contributed by atoms with Crippen LogP contribution in [0.25, 0.3) is 0 Å². The van der Waals surface area contributed by atoms with Crippen molar-refractivity contribution in [1.82, 2.24) is 0 Å². The molecular weight excluding hydrogens is 377 g/mol. The summed E-state index contributed by atoms with van der Waals surface area (Å²) < 4.78 is 19.5. The number of benzene rings is 2. The SMILES string of the molecule is Fc1cc(Oc2ccc(CCl)c(Cl)c2)c(Br)cc1Cl. The first-order valence-electron chi connectivity index (χ1n) is 5.18. The Morgan fingerprint density at radius 2 is 1.84 bits per heavy atom. The van der Waals surface area contributed by atoms with E-state index in [9.17, 15) is 4.39 Å². The van der Waals surface area contributed by atoms with E-state index in [0.29, 0.717) is 26.9 Å². The Labute approximate surface area is 133 Å². The molecule has 19 heavy (non-hydrogen) atoms. The van der Waals surface area contributed by atoms with Gasteiger partial charge in [-0.05, 0) is 39.7 Å². The van der Waals surface area contributed by atoms with Crippen molar-refractivity contribution >= 4 is 50.7 Å². The van der Waals surface area contributed by atoms with Crippen molar-refractivity contribution in [3.8, 4) is 11.5 Å². The zero-order chi connectivity index (χ0) is 14.0. The fourth-order valence-corrected chi connectivity index (χ4v) is 2.67. The third kappa shape index (κ3) is 3.54. The standard InChI is InChI=1S/C13H7BrCl3FO/c14-9-4-11(17)12(18)5-13(9)19-8-2-1-7(6-15)10(16)3-8/h1-5H,6H2. The molecule has 0 heterocycles. The maximum atomic E-state index is 13.4. The number of halogens is 5. The third-order valence-corrected chi connectivity index (χ3v) is 3.92. The molecule has 0 saturated heterocycles. The van der Waals surface area contributed by atoms with Crippen molar-refractivity contribution in [2.24, 2.45) is 0 Å². The quantitative estimate of drug-likeness (QED) is 0.438. The number of ether oxygens (including phenoxy) is 1. The van der Waals surface area contributed by atoms with Gasteiger partial charge in [0.25, 0.3) is 0 Å². The number of hydrogen-bond acceptors (Lipinski definition) is 1. The van der Waals surface area contributed by atoms with E-state index >= 15 is 0 Å². The van der Waals surface area contributed by atoms with Gasteiger partial charge in [-0.3, -0.25) is 0 Å². The van der Waals surface area contributed by atoms with Gasteiger partial charge in [0.2, 0.25) is 0 Å². The summed E-state index contributed by atoms with van der Waals surface area (Å²) in [4.78, 5) is 0. The summed E-state index contributed by atoms with van der Waals surface area (Å²) >= 11 is 20.6. The Morgan fingerprint density at radius 1 is 1.11 bits per heavy atom. The predicted molar refractivity (Wildman–Crippen MR) is 80.2 cm³/mol. The van der Waals surface area contributed by atoms with Crippen LogP contribution in [0.5, 0.6) is 11.5 Å². The summed E-state index contributed by atoms with van der Waals surface area (Å²) in [5.41, 5.74) is 0.803. The number of alkyl halides is 1. The summed E-state index contributed by atoms with van der Waals surface area (Å²) in [5, 5.41) is 0.521. The fourth-order valence-electron chi connectivity index (χ4n) is 1.41. The minimum absolute atomic E-state index is 0.0229. The van der Waals surface area contributed by atoms with Crippen LogP contribution in [0.2, 0.25) is 10.0 Å². The van der Waals surface area contributed by atoms with Crippen molar-refractivity contribution in [1.29, 1.82) is 0 Å². The van der Waals surface area contributed by atoms with E-state index in [0.717, 1.165) is 5.56 Å². The van der Waals surface area contributed by atoms with Gasteiger partial charge in [0.05, 0.1) is 9.50 Å². The molecule has 0 atom stereocenters. The van der Waals surface area contributed by atoms with Gasteiger partial charge in [0.15, 0.2) is 0 Å². The Balaban J connectivity index is 2.31. The van der Waals surface area contributed by atoms with Gasteiger partial charge in [-0.1, -0.05) is 29.3 Å². The van der Waals surface area contributed by atoms with E-state index in [1.54, 1.807) is 18.2 Å². The van der Waals surface area contributed by atoms with Crippen molar-refractivity contribution in [3.63, 3.8) is 0 Å². The molecular formula is C13H7BrCl3FO. The zero-order valence-electron chi connectivity index (χ0n) is 9.39. The smallest absolute Gasteiger partial charge is 0.145 e. The Hall–Kier alpha value is -0.480. The highest BCUT2D eigenvalue weighted by Gasteiger charge is 2.10. The molecule has 0 aliphatic carbocycles. The Kier molecular flexibility index (Phi) is 4.96. The van der Waals surface area contributed by atoms with E-state index < -0.39 is 5.82 Å². The van der Waals surface area contributed by atoms with Crippen LogP contribution in [-0.4, -0.2) is 0 Å². The molecule has 0 radical (unpaired) electrons. The van der Waals surface area contributed by atoms with E-state index in [-0.39, 0.29) is 5.02 Å². The molecule has 0 aliphatic heterocycles.